The van der Waals surface area contributed by atoms with E-state index in [0.29, 0.717) is 6.04 Å². The molecule has 1 unspecified atom stereocenters. The van der Waals surface area contributed by atoms with Crippen molar-refractivity contribution >= 4 is 0 Å². The van der Waals surface area contributed by atoms with Crippen LogP contribution in [0.3, 0.4) is 0 Å². The van der Waals surface area contributed by atoms with Crippen LogP contribution in [0, 0.1) is 20.5 Å². The molecule has 0 aromatic carbocycles. The molecule has 126 valence electrons. The Morgan fingerprint density at radius 1 is 1.04 bits per heavy atom. The zero-order valence-electron chi connectivity index (χ0n) is 12.3. The van der Waals surface area contributed by atoms with E-state index in [2.05, 4.69) is 28.9 Å². The Hall–Kier alpha value is -2.34. The van der Waals surface area contributed by atoms with Crippen LogP contribution in [0.4, 0.5) is 0 Å². The molecule has 0 amide bonds. The van der Waals surface area contributed by atoms with Crippen LogP contribution in [0.5, 0.6) is 0 Å². The van der Waals surface area contributed by atoms with Gasteiger partial charge >= 0.3 is 23.5 Å². The van der Waals surface area contributed by atoms with Crippen molar-refractivity contribution < 1.29 is 19.6 Å². The Kier molecular flexibility index (Phi) is 27.5. The molecule has 13 heteroatoms. The molecule has 0 saturated carbocycles. The molecule has 2 aliphatic heterocycles. The van der Waals surface area contributed by atoms with E-state index in [1.54, 1.807) is 14.7 Å². The van der Waals surface area contributed by atoms with Crippen LogP contribution >= 0.6 is 0 Å². The molecule has 2 heterocycles. The number of nitrogens with zero attached hydrogens (tertiary/aromatic N) is 8. The van der Waals surface area contributed by atoms with Gasteiger partial charge in [0.2, 0.25) is 0 Å². The number of hydrogen-bond donors (Lipinski definition) is 4. The van der Waals surface area contributed by atoms with E-state index in [9.17, 15) is 0 Å². The Morgan fingerprint density at radius 2 is 1.57 bits per heavy atom. The summed E-state index contributed by atoms with van der Waals surface area (Å²) in [7, 11) is 0. The van der Waals surface area contributed by atoms with Crippen molar-refractivity contribution in [3.63, 3.8) is 0 Å². The minimum absolute atomic E-state index is 0.406. The minimum atomic E-state index is 0.406. The monoisotopic (exact) mass is 404 g/mol. The Morgan fingerprint density at radius 3 is 1.91 bits per heavy atom. The summed E-state index contributed by atoms with van der Waals surface area (Å²) in [5, 5.41) is 8.99. The van der Waals surface area contributed by atoms with Crippen molar-refractivity contribution in [2.45, 2.75) is 25.3 Å². The zero-order chi connectivity index (χ0) is 18.3. The summed E-state index contributed by atoms with van der Waals surface area (Å²) in [5.74, 6) is 0. The maximum atomic E-state index is 6.86. The summed E-state index contributed by atoms with van der Waals surface area (Å²) in [6.07, 6.45) is 10.0. The normalized spacial score (nSPS) is 16.5. The molecule has 0 radical (unpaired) electrons. The van der Waals surface area contributed by atoms with Crippen molar-refractivity contribution in [3.8, 4) is 0 Å². The van der Waals surface area contributed by atoms with Gasteiger partial charge in [-0.3, -0.25) is 0 Å². The van der Waals surface area contributed by atoms with Crippen molar-refractivity contribution in [2.75, 3.05) is 13.1 Å². The molecule has 2 aliphatic rings. The average Bonchev–Trinajstić information content (AvgIpc) is 2.60. The van der Waals surface area contributed by atoms with Gasteiger partial charge < -0.3 is 10.6 Å². The topological polar surface area (TPSA) is 233 Å². The molecule has 0 aromatic heterocycles. The standard InChI is InChI=1S/C10H14N2.Mo.3HN3.HN/c1-3-7-11-9(5-1)10-6-2-4-8-12-10;;3*1-3-2;/h1,3,5,10H,2,4,6-8H2;;3*1H;1H/q-2;;;;;. The zero-order valence-corrected chi connectivity index (χ0v) is 14.3. The number of piperidine rings is 1. The van der Waals surface area contributed by atoms with Gasteiger partial charge in [-0.25, -0.2) is 0 Å². The Balaban J connectivity index is -0.000000306. The van der Waals surface area contributed by atoms with Crippen molar-refractivity contribution in [2.24, 2.45) is 0 Å². The van der Waals surface area contributed by atoms with E-state index < -0.39 is 0 Å². The van der Waals surface area contributed by atoms with E-state index in [-0.39, 0.29) is 0 Å². The van der Waals surface area contributed by atoms with Crippen LogP contribution in [0.2, 0.25) is 0 Å². The molecular formula is C10H18MoN12-2. The van der Waals surface area contributed by atoms with Crippen molar-refractivity contribution in [1.82, 2.24) is 0 Å². The van der Waals surface area contributed by atoms with E-state index in [1.165, 1.54) is 44.6 Å². The number of hydrogen-bond acceptors (Lipinski definition) is 4. The predicted octanol–water partition coefficient (Wildman–Crippen LogP) is 5.66. The quantitative estimate of drug-likeness (QED) is 0.180. The first-order valence-electron chi connectivity index (χ1n) is 6.15. The molecule has 4 N–H and O–H groups in total. The molecule has 0 spiro atoms. The van der Waals surface area contributed by atoms with Gasteiger partial charge in [-0.15, -0.1) is 41.8 Å². The fourth-order valence-electron chi connectivity index (χ4n) is 1.68. The van der Waals surface area contributed by atoms with Gasteiger partial charge in [-0.05, 0) is 31.3 Å². The first-order valence-corrected chi connectivity index (χ1v) is 7.15. The molecule has 0 aromatic rings. The van der Waals surface area contributed by atoms with Gasteiger partial charge in [0.25, 0.3) is 0 Å². The summed E-state index contributed by atoms with van der Waals surface area (Å²) in [4.78, 5) is 5.25. The molecule has 1 fully saturated rings. The first kappa shape index (κ1) is 25.6. The summed E-state index contributed by atoms with van der Waals surface area (Å²) in [5.41, 5.74) is 37.9. The Labute approximate surface area is 144 Å². The number of allylic oxidation sites excluding steroid dienone is 2. The van der Waals surface area contributed by atoms with Crippen LogP contribution in [0.1, 0.15) is 19.3 Å². The third-order valence-electron chi connectivity index (χ3n) is 2.36. The van der Waals surface area contributed by atoms with Gasteiger partial charge in [0, 0.05) is 0 Å². The molecule has 1 atom stereocenters. The second-order valence-corrected chi connectivity index (χ2v) is 3.58. The fraction of sp³-hybridized carbons (Fsp3) is 0.600. The first-order chi connectivity index (χ1) is 11.2. The molecule has 12 nitrogen and oxygen atoms in total. The van der Waals surface area contributed by atoms with Crippen LogP contribution < -0.4 is 0 Å². The van der Waals surface area contributed by atoms with E-state index >= 15 is 0 Å². The van der Waals surface area contributed by atoms with Crippen LogP contribution in [-0.2, 0) is 19.6 Å². The van der Waals surface area contributed by atoms with Crippen LogP contribution in [0.25, 0.3) is 42.0 Å². The number of nitrogens with one attached hydrogen (secondary N) is 4. The second kappa shape index (κ2) is 24.7. The average molecular weight is 402 g/mol. The summed E-state index contributed by atoms with van der Waals surface area (Å²) >= 11 is 1.20. The molecule has 1 saturated heterocycles. The van der Waals surface area contributed by atoms with Gasteiger partial charge in [-0.1, -0.05) is 31.4 Å². The predicted molar refractivity (Wildman–Crippen MR) is 82.3 cm³/mol. The third-order valence-corrected chi connectivity index (χ3v) is 2.36. The molecular weight excluding hydrogens is 384 g/mol. The third kappa shape index (κ3) is 19.7. The summed E-state index contributed by atoms with van der Waals surface area (Å²) in [6.45, 7) is 1.87. The maximum absolute atomic E-state index is 6.86. The van der Waals surface area contributed by atoms with Gasteiger partial charge in [0.1, 0.15) is 0 Å². The van der Waals surface area contributed by atoms with Gasteiger partial charge in [0.15, 0.2) is 0 Å². The van der Waals surface area contributed by atoms with E-state index in [1.807, 2.05) is 0 Å². The van der Waals surface area contributed by atoms with Crippen molar-refractivity contribution in [1.29, 1.82) is 20.5 Å². The molecule has 0 aliphatic carbocycles. The number of rotatable bonds is 1. The van der Waals surface area contributed by atoms with Crippen LogP contribution in [-0.4, -0.2) is 19.1 Å². The molecule has 0 bridgehead atoms. The summed E-state index contributed by atoms with van der Waals surface area (Å²) < 4.78 is 5.76. The second-order valence-electron chi connectivity index (χ2n) is 3.58. The van der Waals surface area contributed by atoms with E-state index in [4.69, 9.17) is 37.1 Å². The van der Waals surface area contributed by atoms with Gasteiger partial charge in [0.05, 0.1) is 0 Å². The SMILES string of the molecule is C1=CC[N-]C(C2CCCC[N-]2)=C1.[N-]=[N+]=N.[N-]=[N+]=N.[N-]=[N+]=N.[NH]=[Mo]. The summed E-state index contributed by atoms with van der Waals surface area (Å²) in [6, 6.07) is 0.406. The van der Waals surface area contributed by atoms with E-state index in [0.717, 1.165) is 13.1 Å². The Bertz CT molecular complexity index is 406. The van der Waals surface area contributed by atoms with Crippen LogP contribution in [0.15, 0.2) is 23.9 Å². The molecule has 23 heavy (non-hydrogen) atoms. The fourth-order valence-corrected chi connectivity index (χ4v) is 1.68. The van der Waals surface area contributed by atoms with Gasteiger partial charge in [-0.2, -0.15) is 5.70 Å². The van der Waals surface area contributed by atoms with Crippen molar-refractivity contribution in [3.05, 3.63) is 65.9 Å². The molecule has 2 rings (SSSR count).